The summed E-state index contributed by atoms with van der Waals surface area (Å²) in [5.41, 5.74) is 4.28. The summed E-state index contributed by atoms with van der Waals surface area (Å²) in [6.07, 6.45) is 1.85. The maximum absolute atomic E-state index is 13.6. The van der Waals surface area contributed by atoms with Crippen molar-refractivity contribution in [1.82, 2.24) is 0 Å². The topological polar surface area (TPSA) is 66.4 Å². The van der Waals surface area contributed by atoms with E-state index in [9.17, 15) is 14.7 Å². The first-order valence-electron chi connectivity index (χ1n) is 9.90. The number of halogens is 1. The van der Waals surface area contributed by atoms with E-state index in [4.69, 9.17) is 0 Å². The minimum absolute atomic E-state index is 0.184. The van der Waals surface area contributed by atoms with Crippen molar-refractivity contribution in [1.29, 1.82) is 0 Å². The van der Waals surface area contributed by atoms with Crippen molar-refractivity contribution < 1.29 is 14.7 Å². The Labute approximate surface area is 198 Å². The number of carbonyl (C=O) groups excluding carboxylic acids is 1. The molecule has 4 aromatic rings. The second-order valence-electron chi connectivity index (χ2n) is 7.33. The fourth-order valence-corrected chi connectivity index (χ4v) is 4.74. The molecule has 0 unspecified atom stereocenters. The van der Waals surface area contributed by atoms with Gasteiger partial charge >= 0.3 is 5.97 Å². The third-order valence-electron chi connectivity index (χ3n) is 5.37. The van der Waals surface area contributed by atoms with Gasteiger partial charge in [0.2, 0.25) is 0 Å². The highest BCUT2D eigenvalue weighted by Crippen LogP contribution is 2.35. The van der Waals surface area contributed by atoms with E-state index in [2.05, 4.69) is 27.3 Å². The summed E-state index contributed by atoms with van der Waals surface area (Å²) in [6, 6.07) is 22.7. The van der Waals surface area contributed by atoms with Gasteiger partial charge in [-0.25, -0.2) is 4.79 Å². The van der Waals surface area contributed by atoms with Crippen LogP contribution in [0.3, 0.4) is 0 Å². The molecular formula is C26H20BrNO3S. The van der Waals surface area contributed by atoms with Gasteiger partial charge in [-0.3, -0.25) is 4.79 Å². The van der Waals surface area contributed by atoms with Crippen LogP contribution in [-0.2, 0) is 0 Å². The van der Waals surface area contributed by atoms with E-state index in [0.29, 0.717) is 16.1 Å². The molecular weight excluding hydrogens is 486 g/mol. The van der Waals surface area contributed by atoms with Crippen LogP contribution < -0.4 is 5.32 Å². The van der Waals surface area contributed by atoms with Crippen molar-refractivity contribution in [2.75, 3.05) is 11.6 Å². The maximum Gasteiger partial charge on any atom is 0.335 e. The Morgan fingerprint density at radius 3 is 2.41 bits per heavy atom. The van der Waals surface area contributed by atoms with E-state index in [1.807, 2.05) is 61.7 Å². The van der Waals surface area contributed by atoms with E-state index in [1.54, 1.807) is 12.1 Å². The van der Waals surface area contributed by atoms with Gasteiger partial charge in [-0.1, -0.05) is 52.3 Å². The molecule has 0 bridgehead atoms. The molecule has 0 fully saturated rings. The quantitative estimate of drug-likeness (QED) is 0.280. The fourth-order valence-electron chi connectivity index (χ4n) is 3.79. The summed E-state index contributed by atoms with van der Waals surface area (Å²) in [7, 11) is 0. The molecule has 6 heteroatoms. The predicted octanol–water partition coefficient (Wildman–Crippen LogP) is 7.25. The zero-order chi connectivity index (χ0) is 22.8. The predicted molar refractivity (Wildman–Crippen MR) is 135 cm³/mol. The fraction of sp³-hybridized carbons (Fsp3) is 0.0769. The molecule has 0 aliphatic heterocycles. The smallest absolute Gasteiger partial charge is 0.335 e. The molecule has 0 spiro atoms. The van der Waals surface area contributed by atoms with Crippen molar-refractivity contribution in [3.63, 3.8) is 0 Å². The average Bonchev–Trinajstić information content (AvgIpc) is 2.79. The summed E-state index contributed by atoms with van der Waals surface area (Å²) < 4.78 is 0.890. The van der Waals surface area contributed by atoms with Gasteiger partial charge in [-0.05, 0) is 77.0 Å². The largest absolute Gasteiger partial charge is 0.478 e. The van der Waals surface area contributed by atoms with Crippen molar-refractivity contribution >= 4 is 56.0 Å². The summed E-state index contributed by atoms with van der Waals surface area (Å²) in [6.45, 7) is 1.96. The molecule has 32 heavy (non-hydrogen) atoms. The number of fused-ring (bicyclic) bond motifs is 1. The van der Waals surface area contributed by atoms with Gasteiger partial charge in [0.1, 0.15) is 0 Å². The Balaban J connectivity index is 1.86. The van der Waals surface area contributed by atoms with Crippen LogP contribution in [0.1, 0.15) is 26.3 Å². The molecule has 0 atom stereocenters. The van der Waals surface area contributed by atoms with Gasteiger partial charge in [0.25, 0.3) is 5.91 Å². The summed E-state index contributed by atoms with van der Waals surface area (Å²) >= 11 is 4.91. The second-order valence-corrected chi connectivity index (χ2v) is 9.09. The van der Waals surface area contributed by atoms with Crippen LogP contribution in [0.25, 0.3) is 21.9 Å². The molecule has 0 saturated heterocycles. The van der Waals surface area contributed by atoms with Crippen LogP contribution in [0.5, 0.6) is 0 Å². The SMILES string of the molecule is CSc1cc(C(=O)O)ccc1NC(=O)c1c(C)c(-c2ccccc2)cc2ccc(Br)cc12. The van der Waals surface area contributed by atoms with Gasteiger partial charge < -0.3 is 10.4 Å². The van der Waals surface area contributed by atoms with E-state index in [0.717, 1.165) is 31.9 Å². The van der Waals surface area contributed by atoms with Gasteiger partial charge in [0.05, 0.1) is 16.8 Å². The Morgan fingerprint density at radius 2 is 1.72 bits per heavy atom. The minimum Gasteiger partial charge on any atom is -0.478 e. The standard InChI is InChI=1S/C26H20BrNO3S/c1-15-20(16-6-4-3-5-7-16)12-17-8-10-19(27)14-21(17)24(15)25(29)28-22-11-9-18(26(30)31)13-23(22)32-2/h3-14H,1-2H3,(H,28,29)(H,30,31). The Morgan fingerprint density at radius 1 is 0.969 bits per heavy atom. The molecule has 2 N–H and O–H groups in total. The number of aromatic carboxylic acids is 1. The first-order chi connectivity index (χ1) is 15.4. The number of rotatable bonds is 5. The lowest BCUT2D eigenvalue weighted by Gasteiger charge is -2.17. The van der Waals surface area contributed by atoms with Gasteiger partial charge in [-0.15, -0.1) is 11.8 Å². The molecule has 1 amide bonds. The van der Waals surface area contributed by atoms with Crippen LogP contribution in [0.2, 0.25) is 0 Å². The van der Waals surface area contributed by atoms with Crippen LogP contribution >= 0.6 is 27.7 Å². The molecule has 0 radical (unpaired) electrons. The molecule has 0 saturated carbocycles. The number of hydrogen-bond donors (Lipinski definition) is 2. The highest BCUT2D eigenvalue weighted by Gasteiger charge is 2.19. The van der Waals surface area contributed by atoms with Crippen molar-refractivity contribution in [2.45, 2.75) is 11.8 Å². The zero-order valence-corrected chi connectivity index (χ0v) is 19.9. The molecule has 0 aromatic heterocycles. The second kappa shape index (κ2) is 9.18. The number of amides is 1. The first kappa shape index (κ1) is 22.1. The Hall–Kier alpha value is -3.09. The number of benzene rings is 4. The molecule has 0 aliphatic rings. The minimum atomic E-state index is -1.000. The van der Waals surface area contributed by atoms with E-state index < -0.39 is 5.97 Å². The third kappa shape index (κ3) is 4.29. The Kier molecular flexibility index (Phi) is 6.35. The lowest BCUT2D eigenvalue weighted by molar-refractivity contribution is 0.0696. The average molecular weight is 506 g/mol. The number of nitrogens with one attached hydrogen (secondary N) is 1. The molecule has 4 aromatic carbocycles. The van der Waals surface area contributed by atoms with Crippen LogP contribution in [0.4, 0.5) is 5.69 Å². The summed E-state index contributed by atoms with van der Waals surface area (Å²) in [5.74, 6) is -1.23. The highest BCUT2D eigenvalue weighted by molar-refractivity contribution is 9.10. The van der Waals surface area contributed by atoms with Crippen molar-refractivity contribution in [3.05, 3.63) is 94.0 Å². The summed E-state index contributed by atoms with van der Waals surface area (Å²) in [4.78, 5) is 25.6. The zero-order valence-electron chi connectivity index (χ0n) is 17.5. The van der Waals surface area contributed by atoms with Gasteiger partial charge in [0, 0.05) is 9.37 Å². The first-order valence-corrected chi connectivity index (χ1v) is 11.9. The van der Waals surface area contributed by atoms with Gasteiger partial charge in [0.15, 0.2) is 0 Å². The number of hydrogen-bond acceptors (Lipinski definition) is 3. The number of thioether (sulfide) groups is 1. The molecule has 160 valence electrons. The van der Waals surface area contributed by atoms with E-state index in [-0.39, 0.29) is 11.5 Å². The number of anilines is 1. The van der Waals surface area contributed by atoms with Crippen molar-refractivity contribution in [3.8, 4) is 11.1 Å². The normalized spacial score (nSPS) is 10.8. The molecule has 4 rings (SSSR count). The lowest BCUT2D eigenvalue weighted by atomic mass is 9.91. The highest BCUT2D eigenvalue weighted by atomic mass is 79.9. The van der Waals surface area contributed by atoms with Crippen molar-refractivity contribution in [2.24, 2.45) is 0 Å². The Bertz CT molecular complexity index is 1350. The molecule has 0 aliphatic carbocycles. The monoisotopic (exact) mass is 505 g/mol. The third-order valence-corrected chi connectivity index (χ3v) is 6.64. The van der Waals surface area contributed by atoms with Crippen LogP contribution in [0.15, 0.2) is 82.2 Å². The number of carbonyl (C=O) groups is 2. The van der Waals surface area contributed by atoms with Gasteiger partial charge in [-0.2, -0.15) is 0 Å². The molecule has 4 nitrogen and oxygen atoms in total. The summed E-state index contributed by atoms with van der Waals surface area (Å²) in [5, 5.41) is 14.1. The lowest BCUT2D eigenvalue weighted by Crippen LogP contribution is -2.15. The van der Waals surface area contributed by atoms with E-state index in [1.165, 1.54) is 17.8 Å². The van der Waals surface area contributed by atoms with E-state index >= 15 is 0 Å². The number of carboxylic acid groups (broad SMARTS) is 1. The maximum atomic E-state index is 13.6. The number of carboxylic acids is 1. The van der Waals surface area contributed by atoms with Crippen LogP contribution in [0, 0.1) is 6.92 Å². The van der Waals surface area contributed by atoms with Crippen LogP contribution in [-0.4, -0.2) is 23.2 Å². The molecule has 0 heterocycles.